The average molecular weight is 313 g/mol. The number of amides is 1. The molecule has 0 saturated heterocycles. The van der Waals surface area contributed by atoms with Crippen LogP contribution in [0.2, 0.25) is 5.02 Å². The third kappa shape index (κ3) is 3.41. The lowest BCUT2D eigenvalue weighted by atomic mass is 10.1. The second-order valence-corrected chi connectivity index (χ2v) is 4.67. The summed E-state index contributed by atoms with van der Waals surface area (Å²) in [5.41, 5.74) is 10.8. The highest BCUT2D eigenvalue weighted by atomic mass is 35.5. The van der Waals surface area contributed by atoms with Gasteiger partial charge in [-0.25, -0.2) is 8.78 Å². The predicted molar refractivity (Wildman–Crippen MR) is 75.1 cm³/mol. The Kier molecular flexibility index (Phi) is 4.28. The van der Waals surface area contributed by atoms with Crippen LogP contribution in [0.25, 0.3) is 0 Å². The molecule has 7 heteroatoms. The maximum absolute atomic E-state index is 13.5. The van der Waals surface area contributed by atoms with E-state index in [0.29, 0.717) is 5.56 Å². The fraction of sp³-hybridized carbons (Fsp3) is 0.0714. The summed E-state index contributed by atoms with van der Waals surface area (Å²) in [5, 5.41) is 0.239. The van der Waals surface area contributed by atoms with Crippen LogP contribution < -0.4 is 16.2 Å². The zero-order valence-electron chi connectivity index (χ0n) is 10.7. The summed E-state index contributed by atoms with van der Waals surface area (Å²) >= 11 is 5.96. The monoisotopic (exact) mass is 312 g/mol. The molecule has 0 fully saturated rings. The van der Waals surface area contributed by atoms with Crippen molar-refractivity contribution in [3.8, 4) is 5.75 Å². The van der Waals surface area contributed by atoms with Gasteiger partial charge in [-0.15, -0.1) is 0 Å². The molecule has 110 valence electrons. The van der Waals surface area contributed by atoms with E-state index < -0.39 is 17.5 Å². The summed E-state index contributed by atoms with van der Waals surface area (Å²) in [7, 11) is 0. The summed E-state index contributed by atoms with van der Waals surface area (Å²) < 4.78 is 32.0. The van der Waals surface area contributed by atoms with Crippen molar-refractivity contribution in [3.63, 3.8) is 0 Å². The number of carbonyl (C=O) groups excluding carboxylic acids is 1. The molecular formula is C14H11ClF2N2O2. The molecule has 2 rings (SSSR count). The molecule has 4 nitrogen and oxygen atoms in total. The predicted octanol–water partition coefficient (Wildman–Crippen LogP) is 2.88. The van der Waals surface area contributed by atoms with Crippen molar-refractivity contribution in [3.05, 3.63) is 58.1 Å². The molecule has 1 amide bonds. The number of nitrogen functional groups attached to an aromatic ring is 1. The van der Waals surface area contributed by atoms with Gasteiger partial charge >= 0.3 is 0 Å². The molecule has 0 saturated carbocycles. The molecule has 0 aliphatic rings. The Morgan fingerprint density at radius 3 is 2.52 bits per heavy atom. The number of carbonyl (C=O) groups is 1. The molecule has 21 heavy (non-hydrogen) atoms. The molecule has 4 N–H and O–H groups in total. The molecule has 0 radical (unpaired) electrons. The van der Waals surface area contributed by atoms with E-state index >= 15 is 0 Å². The molecular weight excluding hydrogens is 302 g/mol. The van der Waals surface area contributed by atoms with Crippen molar-refractivity contribution >= 4 is 23.2 Å². The van der Waals surface area contributed by atoms with Crippen molar-refractivity contribution in [2.24, 2.45) is 5.73 Å². The zero-order chi connectivity index (χ0) is 15.6. The number of anilines is 1. The Morgan fingerprint density at radius 2 is 1.90 bits per heavy atom. The standard InChI is InChI=1S/C14H11ClF2N2O2/c15-9-3-7(14(19)20)1-2-8(9)6-21-13-5-10(16)12(18)4-11(13)17/h1-5H,6,18H2,(H2,19,20). The van der Waals surface area contributed by atoms with Crippen molar-refractivity contribution in [1.29, 1.82) is 0 Å². The lowest BCUT2D eigenvalue weighted by Gasteiger charge is -2.10. The minimum absolute atomic E-state index is 0.0991. The van der Waals surface area contributed by atoms with E-state index in [4.69, 9.17) is 27.8 Å². The topological polar surface area (TPSA) is 78.3 Å². The SMILES string of the molecule is NC(=O)c1ccc(COc2cc(F)c(N)cc2F)c(Cl)c1. The maximum Gasteiger partial charge on any atom is 0.248 e. The highest BCUT2D eigenvalue weighted by Gasteiger charge is 2.11. The quantitative estimate of drug-likeness (QED) is 0.852. The van der Waals surface area contributed by atoms with Gasteiger partial charge in [0.05, 0.1) is 5.69 Å². The van der Waals surface area contributed by atoms with Crippen molar-refractivity contribution in [1.82, 2.24) is 0 Å². The third-order valence-corrected chi connectivity index (χ3v) is 3.12. The second-order valence-electron chi connectivity index (χ2n) is 4.26. The molecule has 0 aliphatic carbocycles. The van der Waals surface area contributed by atoms with Crippen LogP contribution in [-0.4, -0.2) is 5.91 Å². The van der Waals surface area contributed by atoms with Crippen LogP contribution in [0.5, 0.6) is 5.75 Å². The van der Waals surface area contributed by atoms with Crippen LogP contribution in [0.3, 0.4) is 0 Å². The molecule has 0 spiro atoms. The number of ether oxygens (including phenoxy) is 1. The number of benzene rings is 2. The zero-order valence-corrected chi connectivity index (χ0v) is 11.5. The van der Waals surface area contributed by atoms with Crippen molar-refractivity contribution in [2.45, 2.75) is 6.61 Å². The number of hydrogen-bond donors (Lipinski definition) is 2. The number of halogens is 3. The highest BCUT2D eigenvalue weighted by molar-refractivity contribution is 6.31. The van der Waals surface area contributed by atoms with Gasteiger partial charge < -0.3 is 16.2 Å². The fourth-order valence-electron chi connectivity index (χ4n) is 1.63. The number of nitrogens with two attached hydrogens (primary N) is 2. The minimum atomic E-state index is -0.779. The van der Waals surface area contributed by atoms with E-state index in [1.807, 2.05) is 0 Å². The van der Waals surface area contributed by atoms with E-state index in [1.165, 1.54) is 18.2 Å². The smallest absolute Gasteiger partial charge is 0.248 e. The Labute approximate surface area is 124 Å². The minimum Gasteiger partial charge on any atom is -0.486 e. The van der Waals surface area contributed by atoms with Gasteiger partial charge in [0.1, 0.15) is 12.4 Å². The van der Waals surface area contributed by atoms with Gasteiger partial charge in [0.15, 0.2) is 11.6 Å². The largest absolute Gasteiger partial charge is 0.486 e. The summed E-state index contributed by atoms with van der Waals surface area (Å²) in [6, 6.07) is 6.06. The normalized spacial score (nSPS) is 10.4. The summed E-state index contributed by atoms with van der Waals surface area (Å²) in [6.07, 6.45) is 0. The van der Waals surface area contributed by atoms with Crippen molar-refractivity contribution in [2.75, 3.05) is 5.73 Å². The van der Waals surface area contributed by atoms with E-state index in [0.717, 1.165) is 12.1 Å². The van der Waals surface area contributed by atoms with Crippen LogP contribution in [0, 0.1) is 11.6 Å². The van der Waals surface area contributed by atoms with Gasteiger partial charge in [0.25, 0.3) is 0 Å². The number of hydrogen-bond acceptors (Lipinski definition) is 3. The Morgan fingerprint density at radius 1 is 1.19 bits per heavy atom. The first kappa shape index (κ1) is 15.1. The number of rotatable bonds is 4. The molecule has 2 aromatic rings. The van der Waals surface area contributed by atoms with Gasteiger partial charge in [-0.1, -0.05) is 17.7 Å². The third-order valence-electron chi connectivity index (χ3n) is 2.77. The van der Waals surface area contributed by atoms with Gasteiger partial charge in [-0.3, -0.25) is 4.79 Å². The van der Waals surface area contributed by atoms with Crippen LogP contribution in [-0.2, 0) is 6.61 Å². The van der Waals surface area contributed by atoms with Crippen LogP contribution in [0.4, 0.5) is 14.5 Å². The fourth-order valence-corrected chi connectivity index (χ4v) is 1.86. The van der Waals surface area contributed by atoms with Gasteiger partial charge in [-0.2, -0.15) is 0 Å². The van der Waals surface area contributed by atoms with Gasteiger partial charge in [-0.05, 0) is 12.1 Å². The molecule has 2 aromatic carbocycles. The Hall–Kier alpha value is -2.34. The van der Waals surface area contributed by atoms with E-state index in [9.17, 15) is 13.6 Å². The summed E-state index contributed by atoms with van der Waals surface area (Å²) in [5.74, 6) is -2.45. The summed E-state index contributed by atoms with van der Waals surface area (Å²) in [6.45, 7) is -0.0991. The van der Waals surface area contributed by atoms with Gasteiger partial charge in [0, 0.05) is 28.3 Å². The Bertz CT molecular complexity index is 708. The molecule has 0 aliphatic heterocycles. The Balaban J connectivity index is 2.17. The van der Waals surface area contributed by atoms with Crippen LogP contribution in [0.15, 0.2) is 30.3 Å². The molecule has 0 aromatic heterocycles. The lowest BCUT2D eigenvalue weighted by molar-refractivity contribution is 0.1000. The highest BCUT2D eigenvalue weighted by Crippen LogP contribution is 2.25. The average Bonchev–Trinajstić information content (AvgIpc) is 2.42. The first-order valence-electron chi connectivity index (χ1n) is 5.84. The van der Waals surface area contributed by atoms with E-state index in [-0.39, 0.29) is 28.6 Å². The molecule has 0 unspecified atom stereocenters. The molecule has 0 bridgehead atoms. The van der Waals surface area contributed by atoms with E-state index in [2.05, 4.69) is 0 Å². The number of primary amides is 1. The maximum atomic E-state index is 13.5. The van der Waals surface area contributed by atoms with Crippen LogP contribution >= 0.6 is 11.6 Å². The van der Waals surface area contributed by atoms with Crippen molar-refractivity contribution < 1.29 is 18.3 Å². The van der Waals surface area contributed by atoms with Gasteiger partial charge in [0.2, 0.25) is 5.91 Å². The first-order chi connectivity index (χ1) is 9.88. The van der Waals surface area contributed by atoms with E-state index in [1.54, 1.807) is 0 Å². The lowest BCUT2D eigenvalue weighted by Crippen LogP contribution is -2.11. The molecule has 0 atom stereocenters. The molecule has 0 heterocycles. The summed E-state index contributed by atoms with van der Waals surface area (Å²) in [4.78, 5) is 11.0. The second kappa shape index (κ2) is 5.97. The first-order valence-corrected chi connectivity index (χ1v) is 6.22. The van der Waals surface area contributed by atoms with Crippen LogP contribution in [0.1, 0.15) is 15.9 Å².